The minimum absolute atomic E-state index is 0.593. The maximum Gasteiger partial charge on any atom is 0.0718 e. The molecule has 3 nitrogen and oxygen atoms in total. The van der Waals surface area contributed by atoms with Crippen LogP contribution in [0.3, 0.4) is 0 Å². The molecule has 0 atom stereocenters. The number of piperazine rings is 1. The van der Waals surface area contributed by atoms with Crippen LogP contribution in [0.25, 0.3) is 0 Å². The summed E-state index contributed by atoms with van der Waals surface area (Å²) in [6.45, 7) is 9.71. The summed E-state index contributed by atoms with van der Waals surface area (Å²) >= 11 is 3.60. The van der Waals surface area contributed by atoms with Crippen LogP contribution in [0.5, 0.6) is 0 Å². The average molecular weight is 327 g/mol. The number of benzene rings is 1. The van der Waals surface area contributed by atoms with Gasteiger partial charge in [-0.15, -0.1) is 0 Å². The van der Waals surface area contributed by atoms with Crippen LogP contribution in [0, 0.1) is 0 Å². The number of nitrogens with zero attached hydrogens (tertiary/aromatic N) is 2. The zero-order chi connectivity index (χ0) is 13.9. The Morgan fingerprint density at radius 3 is 2.26 bits per heavy atom. The third-order valence-electron chi connectivity index (χ3n) is 3.43. The number of rotatable bonds is 4. The summed E-state index contributed by atoms with van der Waals surface area (Å²) in [5.74, 6) is 0. The first-order valence-electron chi connectivity index (χ1n) is 6.84. The van der Waals surface area contributed by atoms with E-state index in [0.29, 0.717) is 0 Å². The van der Waals surface area contributed by atoms with Crippen molar-refractivity contribution >= 4 is 15.9 Å². The van der Waals surface area contributed by atoms with Gasteiger partial charge >= 0.3 is 0 Å². The number of halogens is 1. The molecule has 2 rings (SSSR count). The van der Waals surface area contributed by atoms with Gasteiger partial charge < -0.3 is 5.11 Å². The van der Waals surface area contributed by atoms with Crippen molar-refractivity contribution in [2.75, 3.05) is 32.7 Å². The van der Waals surface area contributed by atoms with Crippen LogP contribution in [0.15, 0.2) is 28.7 Å². The largest absolute Gasteiger partial charge is 0.389 e. The van der Waals surface area contributed by atoms with Gasteiger partial charge in [0.15, 0.2) is 0 Å². The fraction of sp³-hybridized carbons (Fsp3) is 0.600. The monoisotopic (exact) mass is 326 g/mol. The van der Waals surface area contributed by atoms with Gasteiger partial charge in [0.25, 0.3) is 0 Å². The SMILES string of the molecule is CC(C)(O)CN1CCN(Cc2ccccc2Br)CC1. The van der Waals surface area contributed by atoms with E-state index < -0.39 is 5.60 Å². The predicted octanol–water partition coefficient (Wildman–Crippen LogP) is 2.34. The van der Waals surface area contributed by atoms with Crippen molar-refractivity contribution < 1.29 is 5.11 Å². The summed E-state index contributed by atoms with van der Waals surface area (Å²) in [5.41, 5.74) is 0.753. The van der Waals surface area contributed by atoms with Gasteiger partial charge in [0.05, 0.1) is 5.60 Å². The predicted molar refractivity (Wildman–Crippen MR) is 82.2 cm³/mol. The Labute approximate surface area is 124 Å². The number of aliphatic hydroxyl groups is 1. The molecule has 1 aliphatic rings. The van der Waals surface area contributed by atoms with Crippen LogP contribution in [0.2, 0.25) is 0 Å². The molecule has 1 heterocycles. The molecule has 1 N–H and O–H groups in total. The van der Waals surface area contributed by atoms with Crippen LogP contribution in [0.1, 0.15) is 19.4 Å². The molecule has 0 saturated carbocycles. The molecule has 1 aromatic carbocycles. The normalized spacial score (nSPS) is 18.7. The highest BCUT2D eigenvalue weighted by Crippen LogP contribution is 2.18. The average Bonchev–Trinajstić information content (AvgIpc) is 2.33. The number of hydrogen-bond donors (Lipinski definition) is 1. The highest BCUT2D eigenvalue weighted by molar-refractivity contribution is 9.10. The van der Waals surface area contributed by atoms with Crippen LogP contribution < -0.4 is 0 Å². The van der Waals surface area contributed by atoms with Crippen molar-refractivity contribution in [1.29, 1.82) is 0 Å². The van der Waals surface area contributed by atoms with Gasteiger partial charge in [-0.05, 0) is 25.5 Å². The summed E-state index contributed by atoms with van der Waals surface area (Å²) in [6, 6.07) is 8.41. The van der Waals surface area contributed by atoms with Crippen molar-refractivity contribution in [1.82, 2.24) is 9.80 Å². The molecule has 1 aliphatic heterocycles. The van der Waals surface area contributed by atoms with Crippen LogP contribution >= 0.6 is 15.9 Å². The Balaban J connectivity index is 1.82. The Bertz CT molecular complexity index is 409. The van der Waals surface area contributed by atoms with Gasteiger partial charge in [0, 0.05) is 43.7 Å². The van der Waals surface area contributed by atoms with Crippen molar-refractivity contribution in [3.05, 3.63) is 34.3 Å². The quantitative estimate of drug-likeness (QED) is 0.920. The van der Waals surface area contributed by atoms with E-state index in [1.54, 1.807) is 0 Å². The van der Waals surface area contributed by atoms with E-state index in [2.05, 4.69) is 50.0 Å². The lowest BCUT2D eigenvalue weighted by Gasteiger charge is -2.37. The Kier molecular flexibility index (Phi) is 5.01. The van der Waals surface area contributed by atoms with Gasteiger partial charge in [-0.3, -0.25) is 9.80 Å². The first-order valence-corrected chi connectivity index (χ1v) is 7.64. The minimum atomic E-state index is -0.593. The Hall–Kier alpha value is -0.420. The highest BCUT2D eigenvalue weighted by atomic mass is 79.9. The zero-order valence-corrected chi connectivity index (χ0v) is 13.4. The molecule has 1 saturated heterocycles. The van der Waals surface area contributed by atoms with Crippen molar-refractivity contribution in [2.24, 2.45) is 0 Å². The fourth-order valence-electron chi connectivity index (χ4n) is 2.52. The molecule has 1 fully saturated rings. The molecule has 0 bridgehead atoms. The first kappa shape index (κ1) is 15.0. The second-order valence-corrected chi connectivity index (χ2v) is 6.81. The van der Waals surface area contributed by atoms with E-state index in [9.17, 15) is 5.11 Å². The smallest absolute Gasteiger partial charge is 0.0718 e. The van der Waals surface area contributed by atoms with Crippen LogP contribution in [-0.2, 0) is 6.54 Å². The number of β-amino-alcohol motifs (C(OH)–C–C–N with tert-alkyl or cyclic N) is 1. The lowest BCUT2D eigenvalue weighted by atomic mass is 10.1. The van der Waals surface area contributed by atoms with E-state index in [-0.39, 0.29) is 0 Å². The molecule has 0 spiro atoms. The highest BCUT2D eigenvalue weighted by Gasteiger charge is 2.22. The lowest BCUT2D eigenvalue weighted by molar-refractivity contribution is 0.0166. The number of hydrogen-bond acceptors (Lipinski definition) is 3. The van der Waals surface area contributed by atoms with Crippen molar-refractivity contribution in [2.45, 2.75) is 26.0 Å². The molecule has 0 radical (unpaired) electrons. The second kappa shape index (κ2) is 6.35. The lowest BCUT2D eigenvalue weighted by Crippen LogP contribution is -2.50. The van der Waals surface area contributed by atoms with Crippen LogP contribution in [0.4, 0.5) is 0 Å². The fourth-order valence-corrected chi connectivity index (χ4v) is 2.93. The molecular weight excluding hydrogens is 304 g/mol. The van der Waals surface area contributed by atoms with Gasteiger partial charge in [0.1, 0.15) is 0 Å². The van der Waals surface area contributed by atoms with E-state index in [1.807, 2.05) is 13.8 Å². The third-order valence-corrected chi connectivity index (χ3v) is 4.20. The maximum absolute atomic E-state index is 9.85. The third kappa shape index (κ3) is 4.88. The molecule has 0 aliphatic carbocycles. The summed E-state index contributed by atoms with van der Waals surface area (Å²) in [5, 5.41) is 9.85. The molecule has 19 heavy (non-hydrogen) atoms. The molecule has 4 heteroatoms. The zero-order valence-electron chi connectivity index (χ0n) is 11.8. The molecule has 0 unspecified atom stereocenters. The van der Waals surface area contributed by atoms with Gasteiger partial charge in [0.2, 0.25) is 0 Å². The van der Waals surface area contributed by atoms with E-state index >= 15 is 0 Å². The van der Waals surface area contributed by atoms with Crippen LogP contribution in [-0.4, -0.2) is 53.2 Å². The summed E-state index contributed by atoms with van der Waals surface area (Å²) in [6.07, 6.45) is 0. The standard InChI is InChI=1S/C15H23BrN2O/c1-15(2,19)12-18-9-7-17(8-10-18)11-13-5-3-4-6-14(13)16/h3-6,19H,7-12H2,1-2H3. The van der Waals surface area contributed by atoms with Gasteiger partial charge in [-0.25, -0.2) is 0 Å². The van der Waals surface area contributed by atoms with Gasteiger partial charge in [-0.2, -0.15) is 0 Å². The van der Waals surface area contributed by atoms with Crippen molar-refractivity contribution in [3.8, 4) is 0 Å². The maximum atomic E-state index is 9.85. The molecule has 1 aromatic rings. The van der Waals surface area contributed by atoms with E-state index in [0.717, 1.165) is 39.3 Å². The topological polar surface area (TPSA) is 26.7 Å². The molecule has 0 aromatic heterocycles. The molecule has 0 amide bonds. The van der Waals surface area contributed by atoms with E-state index in [1.165, 1.54) is 10.0 Å². The minimum Gasteiger partial charge on any atom is -0.389 e. The Morgan fingerprint density at radius 1 is 1.11 bits per heavy atom. The van der Waals surface area contributed by atoms with E-state index in [4.69, 9.17) is 0 Å². The summed E-state index contributed by atoms with van der Waals surface area (Å²) < 4.78 is 1.19. The molecular formula is C15H23BrN2O. The first-order chi connectivity index (χ1) is 8.94. The molecule has 106 valence electrons. The summed E-state index contributed by atoms with van der Waals surface area (Å²) in [4.78, 5) is 4.82. The summed E-state index contributed by atoms with van der Waals surface area (Å²) in [7, 11) is 0. The second-order valence-electron chi connectivity index (χ2n) is 5.96. The Morgan fingerprint density at radius 2 is 1.68 bits per heavy atom. The van der Waals surface area contributed by atoms with Crippen molar-refractivity contribution in [3.63, 3.8) is 0 Å². The van der Waals surface area contributed by atoms with Gasteiger partial charge in [-0.1, -0.05) is 34.1 Å².